The first kappa shape index (κ1) is 26.8. The fourth-order valence-corrected chi connectivity index (χ4v) is 5.55. The first-order valence-electron chi connectivity index (χ1n) is 12.2. The highest BCUT2D eigenvalue weighted by Crippen LogP contribution is 2.48. The molecule has 7 nitrogen and oxygen atoms in total. The molecular weight excluding hydrogens is 538 g/mol. The van der Waals surface area contributed by atoms with Gasteiger partial charge in [0.1, 0.15) is 5.75 Å². The van der Waals surface area contributed by atoms with Gasteiger partial charge in [-0.25, -0.2) is 4.79 Å². The van der Waals surface area contributed by atoms with Gasteiger partial charge in [-0.3, -0.25) is 4.79 Å². The number of nitrogens with one attached hydrogen (secondary N) is 1. The molecule has 0 aromatic heterocycles. The van der Waals surface area contributed by atoms with E-state index in [9.17, 15) is 9.59 Å². The van der Waals surface area contributed by atoms with Crippen molar-refractivity contribution in [3.63, 3.8) is 0 Å². The van der Waals surface area contributed by atoms with Crippen LogP contribution < -0.4 is 19.5 Å². The molecule has 4 rings (SSSR count). The number of methoxy groups -OCH3 is 3. The van der Waals surface area contributed by atoms with Crippen molar-refractivity contribution in [3.05, 3.63) is 74.5 Å². The maximum Gasteiger partial charge on any atom is 0.337 e. The van der Waals surface area contributed by atoms with Crippen LogP contribution in [0.3, 0.4) is 0 Å². The van der Waals surface area contributed by atoms with Crippen LogP contribution in [0.15, 0.2) is 63.4 Å². The molecule has 2 atom stereocenters. The molecule has 1 heterocycles. The zero-order valence-electron chi connectivity index (χ0n) is 21.9. The molecule has 0 radical (unpaired) electrons. The number of benzene rings is 2. The van der Waals surface area contributed by atoms with Gasteiger partial charge in [0.25, 0.3) is 0 Å². The minimum absolute atomic E-state index is 0.0251. The Kier molecular flexibility index (Phi) is 7.97. The van der Waals surface area contributed by atoms with Crippen molar-refractivity contribution in [1.29, 1.82) is 0 Å². The van der Waals surface area contributed by atoms with Gasteiger partial charge >= 0.3 is 5.97 Å². The summed E-state index contributed by atoms with van der Waals surface area (Å²) in [7, 11) is 4.78. The Morgan fingerprint density at radius 1 is 0.973 bits per heavy atom. The normalized spacial score (nSPS) is 19.4. The minimum Gasteiger partial charge on any atom is -0.496 e. The number of hydrogen-bond acceptors (Lipinski definition) is 7. The smallest absolute Gasteiger partial charge is 0.337 e. The Labute approximate surface area is 225 Å². The lowest BCUT2D eigenvalue weighted by Gasteiger charge is -2.37. The summed E-state index contributed by atoms with van der Waals surface area (Å²) in [5, 5.41) is 3.38. The van der Waals surface area contributed by atoms with Crippen molar-refractivity contribution >= 4 is 27.7 Å². The van der Waals surface area contributed by atoms with Crippen LogP contribution in [-0.2, 0) is 14.3 Å². The van der Waals surface area contributed by atoms with Gasteiger partial charge in [-0.05, 0) is 69.0 Å². The maximum atomic E-state index is 13.9. The van der Waals surface area contributed by atoms with E-state index >= 15 is 0 Å². The number of rotatable bonds is 7. The summed E-state index contributed by atoms with van der Waals surface area (Å²) in [5.41, 5.74) is 4.19. The van der Waals surface area contributed by atoms with Gasteiger partial charge in [-0.15, -0.1) is 0 Å². The second-order valence-corrected chi connectivity index (χ2v) is 10.4. The van der Waals surface area contributed by atoms with Crippen LogP contribution in [0.2, 0.25) is 0 Å². The molecule has 2 unspecified atom stereocenters. The van der Waals surface area contributed by atoms with Gasteiger partial charge in [0.05, 0.1) is 38.9 Å². The van der Waals surface area contributed by atoms with E-state index in [0.29, 0.717) is 46.9 Å². The Bertz CT molecular complexity index is 1300. The average molecular weight is 570 g/mol. The molecule has 2 aliphatic rings. The van der Waals surface area contributed by atoms with Crippen molar-refractivity contribution in [2.24, 2.45) is 0 Å². The second-order valence-electron chi connectivity index (χ2n) is 9.47. The number of ether oxygens (including phenoxy) is 4. The van der Waals surface area contributed by atoms with E-state index in [2.05, 4.69) is 21.2 Å². The van der Waals surface area contributed by atoms with Crippen molar-refractivity contribution < 1.29 is 28.5 Å². The van der Waals surface area contributed by atoms with E-state index in [1.165, 1.54) is 0 Å². The van der Waals surface area contributed by atoms with Crippen molar-refractivity contribution in [2.45, 2.75) is 51.6 Å². The minimum atomic E-state index is -0.617. The Hall–Kier alpha value is -3.26. The summed E-state index contributed by atoms with van der Waals surface area (Å²) in [6.45, 7) is 5.47. The molecule has 0 saturated heterocycles. The van der Waals surface area contributed by atoms with E-state index in [1.807, 2.05) is 57.2 Å². The zero-order chi connectivity index (χ0) is 26.9. The van der Waals surface area contributed by atoms with Crippen molar-refractivity contribution in [2.75, 3.05) is 21.3 Å². The first-order valence-corrected chi connectivity index (χ1v) is 13.0. The summed E-state index contributed by atoms with van der Waals surface area (Å²) in [5.74, 6) is 0.707. The number of halogens is 1. The number of carbonyl (C=O) groups is 2. The molecule has 196 valence electrons. The van der Waals surface area contributed by atoms with Crippen LogP contribution in [-0.4, -0.2) is 39.2 Å². The SMILES string of the molecule is COc1ccc(C2CC(=O)C3=C(C2)NC(C)=C(C(=O)OC(C)C)C3c2cc(Br)ccc2OC)cc1OC. The van der Waals surface area contributed by atoms with Crippen molar-refractivity contribution in [1.82, 2.24) is 5.32 Å². The van der Waals surface area contributed by atoms with Crippen LogP contribution in [0.5, 0.6) is 17.2 Å². The van der Waals surface area contributed by atoms with Crippen LogP contribution in [0, 0.1) is 0 Å². The van der Waals surface area contributed by atoms with E-state index in [0.717, 1.165) is 21.3 Å². The Morgan fingerprint density at radius 2 is 1.65 bits per heavy atom. The predicted octanol–water partition coefficient (Wildman–Crippen LogP) is 5.79. The fourth-order valence-electron chi connectivity index (χ4n) is 5.17. The molecule has 0 amide bonds. The number of allylic oxidation sites excluding steroid dienone is 3. The van der Waals surface area contributed by atoms with Gasteiger partial charge in [0.2, 0.25) is 0 Å². The molecule has 8 heteroatoms. The molecule has 1 aliphatic carbocycles. The van der Waals surface area contributed by atoms with Gasteiger partial charge in [-0.2, -0.15) is 0 Å². The number of dihydropyridines is 1. The Morgan fingerprint density at radius 3 is 2.30 bits per heavy atom. The van der Waals surface area contributed by atoms with Gasteiger partial charge in [0, 0.05) is 33.4 Å². The number of carbonyl (C=O) groups excluding carboxylic acids is 2. The maximum absolute atomic E-state index is 13.9. The third-order valence-electron chi connectivity index (χ3n) is 6.77. The van der Waals surface area contributed by atoms with Crippen LogP contribution in [0.4, 0.5) is 0 Å². The highest BCUT2D eigenvalue weighted by Gasteiger charge is 2.42. The first-order chi connectivity index (χ1) is 17.7. The topological polar surface area (TPSA) is 83.1 Å². The monoisotopic (exact) mass is 569 g/mol. The number of ketones is 1. The third kappa shape index (κ3) is 5.25. The lowest BCUT2D eigenvalue weighted by molar-refractivity contribution is -0.143. The number of esters is 1. The summed E-state index contributed by atoms with van der Waals surface area (Å²) >= 11 is 3.55. The summed E-state index contributed by atoms with van der Waals surface area (Å²) < 4.78 is 23.0. The zero-order valence-corrected chi connectivity index (χ0v) is 23.5. The molecule has 2 aromatic carbocycles. The van der Waals surface area contributed by atoms with Gasteiger partial charge in [0.15, 0.2) is 17.3 Å². The van der Waals surface area contributed by atoms with Gasteiger partial charge < -0.3 is 24.3 Å². The van der Waals surface area contributed by atoms with Crippen LogP contribution in [0.25, 0.3) is 0 Å². The molecule has 0 spiro atoms. The molecule has 1 N–H and O–H groups in total. The standard InChI is InChI=1S/C29H32BrNO6/c1-15(2)37-29(33)26-16(3)31-21-11-18(17-7-9-24(35-5)25(13-17)36-6)12-22(32)28(21)27(26)20-14-19(30)8-10-23(20)34-4/h7-10,13-15,18,27,31H,11-12H2,1-6H3. The number of hydrogen-bond donors (Lipinski definition) is 1. The van der Waals surface area contributed by atoms with Crippen LogP contribution >= 0.6 is 15.9 Å². The summed E-state index contributed by atoms with van der Waals surface area (Å²) in [4.78, 5) is 27.2. The summed E-state index contributed by atoms with van der Waals surface area (Å²) in [6.07, 6.45) is 0.603. The van der Waals surface area contributed by atoms with E-state index < -0.39 is 11.9 Å². The fraction of sp³-hybridized carbons (Fsp3) is 0.379. The lowest BCUT2D eigenvalue weighted by atomic mass is 9.71. The van der Waals surface area contributed by atoms with Crippen molar-refractivity contribution in [3.8, 4) is 17.2 Å². The highest BCUT2D eigenvalue weighted by molar-refractivity contribution is 9.10. The van der Waals surface area contributed by atoms with E-state index in [1.54, 1.807) is 21.3 Å². The molecule has 2 aromatic rings. The quantitative estimate of drug-likeness (QED) is 0.422. The number of Topliss-reactive ketones (excluding diaryl/α,β-unsaturated/α-hetero) is 1. The predicted molar refractivity (Wildman–Crippen MR) is 144 cm³/mol. The van der Waals surface area contributed by atoms with Crippen LogP contribution in [0.1, 0.15) is 56.6 Å². The lowest BCUT2D eigenvalue weighted by Crippen LogP contribution is -2.36. The highest BCUT2D eigenvalue weighted by atomic mass is 79.9. The second kappa shape index (κ2) is 11.0. The van der Waals surface area contributed by atoms with E-state index in [-0.39, 0.29) is 17.8 Å². The molecular formula is C29H32BrNO6. The molecule has 0 fully saturated rings. The molecule has 37 heavy (non-hydrogen) atoms. The largest absolute Gasteiger partial charge is 0.496 e. The summed E-state index contributed by atoms with van der Waals surface area (Å²) in [6, 6.07) is 11.4. The van der Waals surface area contributed by atoms with Gasteiger partial charge in [-0.1, -0.05) is 22.0 Å². The average Bonchev–Trinajstić information content (AvgIpc) is 2.86. The third-order valence-corrected chi connectivity index (χ3v) is 7.27. The molecule has 1 aliphatic heterocycles. The molecule has 0 saturated carbocycles. The Balaban J connectivity index is 1.83. The molecule has 0 bridgehead atoms. The van der Waals surface area contributed by atoms with E-state index in [4.69, 9.17) is 18.9 Å².